The summed E-state index contributed by atoms with van der Waals surface area (Å²) in [5.74, 6) is -4.00. The van der Waals surface area contributed by atoms with Crippen LogP contribution >= 0.6 is 0 Å². The smallest absolute Gasteiger partial charge is 0.339 e. The molecule has 0 aromatic heterocycles. The normalized spacial score (nSPS) is 16.3. The number of ether oxygens (including phenoxy) is 1. The number of ketones is 1. The minimum absolute atomic E-state index is 0.0932. The van der Waals surface area contributed by atoms with Crippen molar-refractivity contribution >= 4 is 23.3 Å². The first-order chi connectivity index (χ1) is 12.4. The van der Waals surface area contributed by atoms with E-state index in [0.717, 1.165) is 12.1 Å². The molecule has 0 radical (unpaired) electrons. The molecule has 9 heteroatoms. The van der Waals surface area contributed by atoms with Crippen LogP contribution < -0.4 is 5.32 Å². The van der Waals surface area contributed by atoms with Crippen LogP contribution in [0.25, 0.3) is 0 Å². The number of fused-ring (bicyclic) bond motifs is 1. The molecule has 2 aromatic carbocycles. The third-order valence-corrected chi connectivity index (χ3v) is 3.83. The average Bonchev–Trinajstić information content (AvgIpc) is 2.94. The molecule has 1 amide bonds. The van der Waals surface area contributed by atoms with E-state index in [1.807, 2.05) is 0 Å². The van der Waals surface area contributed by atoms with Crippen molar-refractivity contribution in [1.82, 2.24) is 0 Å². The van der Waals surface area contributed by atoms with Crippen LogP contribution in [0.1, 0.15) is 22.0 Å². The van der Waals surface area contributed by atoms with Crippen LogP contribution in [0.15, 0.2) is 48.5 Å². The van der Waals surface area contributed by atoms with Gasteiger partial charge in [-0.15, -0.1) is 0 Å². The van der Waals surface area contributed by atoms with Crippen LogP contribution in [0.3, 0.4) is 0 Å². The first kappa shape index (κ1) is 17.2. The van der Waals surface area contributed by atoms with Gasteiger partial charge in [0.25, 0.3) is 11.7 Å². The Morgan fingerprint density at radius 1 is 1.15 bits per heavy atom. The molecule has 8 nitrogen and oxygen atoms in total. The number of nitro groups is 1. The third kappa shape index (κ3) is 3.14. The maximum Gasteiger partial charge on any atom is 0.339 e. The zero-order valence-corrected chi connectivity index (χ0v) is 13.0. The molecule has 1 aliphatic rings. The lowest BCUT2D eigenvalue weighted by molar-refractivity contribution is -0.518. The summed E-state index contributed by atoms with van der Waals surface area (Å²) in [6, 6.07) is 8.34. The highest BCUT2D eigenvalue weighted by atomic mass is 19.1. The summed E-state index contributed by atoms with van der Waals surface area (Å²) < 4.78 is 17.8. The van der Waals surface area contributed by atoms with Gasteiger partial charge in [0.05, 0.1) is 5.56 Å². The van der Waals surface area contributed by atoms with E-state index in [4.69, 9.17) is 4.74 Å². The number of hydrogen-bond acceptors (Lipinski definition) is 6. The number of benzene rings is 2. The third-order valence-electron chi connectivity index (χ3n) is 3.83. The molecule has 2 atom stereocenters. The summed E-state index contributed by atoms with van der Waals surface area (Å²) in [4.78, 5) is 46.7. The van der Waals surface area contributed by atoms with Crippen LogP contribution in [0.4, 0.5) is 10.1 Å². The summed E-state index contributed by atoms with van der Waals surface area (Å²) in [7, 11) is 0. The van der Waals surface area contributed by atoms with Crippen LogP contribution in [0.5, 0.6) is 0 Å². The van der Waals surface area contributed by atoms with E-state index in [2.05, 4.69) is 5.32 Å². The van der Waals surface area contributed by atoms with Gasteiger partial charge in [-0.2, -0.15) is 0 Å². The molecule has 1 heterocycles. The second-order valence-electron chi connectivity index (χ2n) is 5.47. The number of cyclic esters (lactones) is 1. The van der Waals surface area contributed by atoms with Gasteiger partial charge >= 0.3 is 12.0 Å². The lowest BCUT2D eigenvalue weighted by atomic mass is 9.97. The Morgan fingerprint density at radius 3 is 2.46 bits per heavy atom. The number of anilines is 1. The van der Waals surface area contributed by atoms with E-state index in [0.29, 0.717) is 0 Å². The van der Waals surface area contributed by atoms with Crippen LogP contribution in [-0.4, -0.2) is 28.6 Å². The SMILES string of the molecule is O=C(Nc1ccc(F)cc1)C(=O)[C@H]([C@@H]1OC(=O)c2ccccc21)[N+](=O)[O-]. The Kier molecular flexibility index (Phi) is 4.44. The topological polar surface area (TPSA) is 116 Å². The van der Waals surface area contributed by atoms with Crippen molar-refractivity contribution in [3.05, 3.63) is 75.6 Å². The number of esters is 1. The molecule has 0 saturated carbocycles. The van der Waals surface area contributed by atoms with Crippen molar-refractivity contribution in [3.8, 4) is 0 Å². The van der Waals surface area contributed by atoms with Crippen molar-refractivity contribution in [2.24, 2.45) is 0 Å². The first-order valence-corrected chi connectivity index (χ1v) is 7.42. The molecule has 0 spiro atoms. The van der Waals surface area contributed by atoms with E-state index < -0.39 is 40.5 Å². The monoisotopic (exact) mass is 358 g/mol. The molecule has 2 aromatic rings. The summed E-state index contributed by atoms with van der Waals surface area (Å²) >= 11 is 0. The number of nitrogens with one attached hydrogen (secondary N) is 1. The molecule has 0 fully saturated rings. The fourth-order valence-corrected chi connectivity index (χ4v) is 2.61. The number of carbonyl (C=O) groups excluding carboxylic acids is 3. The highest BCUT2D eigenvalue weighted by Gasteiger charge is 2.49. The second-order valence-corrected chi connectivity index (χ2v) is 5.47. The van der Waals surface area contributed by atoms with Gasteiger partial charge < -0.3 is 10.1 Å². The number of carbonyl (C=O) groups is 3. The molecule has 1 N–H and O–H groups in total. The molecular formula is C17H11FN2O6. The molecule has 0 bridgehead atoms. The van der Waals surface area contributed by atoms with E-state index in [9.17, 15) is 28.9 Å². The van der Waals surface area contributed by atoms with Crippen molar-refractivity contribution in [3.63, 3.8) is 0 Å². The minimum atomic E-state index is -2.09. The van der Waals surface area contributed by atoms with E-state index in [1.54, 1.807) is 6.07 Å². The molecule has 0 saturated heterocycles. The molecule has 132 valence electrons. The Morgan fingerprint density at radius 2 is 1.81 bits per heavy atom. The van der Waals surface area contributed by atoms with Gasteiger partial charge in [0.2, 0.25) is 6.10 Å². The van der Waals surface area contributed by atoms with E-state index in [1.165, 1.54) is 30.3 Å². The van der Waals surface area contributed by atoms with Gasteiger partial charge in [0.1, 0.15) is 5.82 Å². The van der Waals surface area contributed by atoms with E-state index >= 15 is 0 Å². The minimum Gasteiger partial charge on any atom is -0.446 e. The van der Waals surface area contributed by atoms with Crippen LogP contribution in [0, 0.1) is 15.9 Å². The maximum absolute atomic E-state index is 12.9. The maximum atomic E-state index is 12.9. The highest BCUT2D eigenvalue weighted by molar-refractivity contribution is 6.42. The van der Waals surface area contributed by atoms with Gasteiger partial charge in [-0.3, -0.25) is 19.7 Å². The summed E-state index contributed by atoms with van der Waals surface area (Å²) in [5.41, 5.74) is 0.369. The van der Waals surface area contributed by atoms with Crippen molar-refractivity contribution in [2.75, 3.05) is 5.32 Å². The van der Waals surface area contributed by atoms with Crippen molar-refractivity contribution in [2.45, 2.75) is 12.1 Å². The average molecular weight is 358 g/mol. The standard InChI is InChI=1S/C17H11FN2O6/c18-9-5-7-10(8-6-9)19-16(22)14(21)13(20(24)25)15-11-3-1-2-4-12(11)17(23)26-15/h1-8,13,15H,(H,19,22)/t13-,15-/m1/s1. The number of halogens is 1. The van der Waals surface area contributed by atoms with Crippen molar-refractivity contribution < 1.29 is 28.4 Å². The number of Topliss-reactive ketones (excluding diaryl/α,β-unsaturated/α-hetero) is 1. The lowest BCUT2D eigenvalue weighted by Crippen LogP contribution is -2.42. The number of nitrogens with zero attached hydrogens (tertiary/aromatic N) is 1. The Labute approximate surface area is 145 Å². The predicted octanol–water partition coefficient (Wildman–Crippen LogP) is 1.89. The lowest BCUT2D eigenvalue weighted by Gasteiger charge is -2.15. The second kappa shape index (κ2) is 6.71. The highest BCUT2D eigenvalue weighted by Crippen LogP contribution is 2.34. The quantitative estimate of drug-likeness (QED) is 0.378. The van der Waals surface area contributed by atoms with Gasteiger partial charge in [-0.25, -0.2) is 9.18 Å². The van der Waals surface area contributed by atoms with Crippen LogP contribution in [0.2, 0.25) is 0 Å². The summed E-state index contributed by atoms with van der Waals surface area (Å²) in [6.07, 6.45) is -1.50. The largest absolute Gasteiger partial charge is 0.446 e. The van der Waals surface area contributed by atoms with Gasteiger partial charge in [-0.05, 0) is 30.3 Å². The fraction of sp³-hybridized carbons (Fsp3) is 0.118. The predicted molar refractivity (Wildman–Crippen MR) is 85.4 cm³/mol. The van der Waals surface area contributed by atoms with E-state index in [-0.39, 0.29) is 16.8 Å². The molecular weight excluding hydrogens is 347 g/mol. The number of amides is 1. The molecule has 26 heavy (non-hydrogen) atoms. The number of hydrogen-bond donors (Lipinski definition) is 1. The Bertz CT molecular complexity index is 912. The zero-order chi connectivity index (χ0) is 18.8. The van der Waals surface area contributed by atoms with Gasteiger partial charge in [-0.1, -0.05) is 18.2 Å². The molecule has 3 rings (SSSR count). The van der Waals surface area contributed by atoms with Gasteiger partial charge in [0, 0.05) is 16.2 Å². The van der Waals surface area contributed by atoms with Crippen LogP contribution in [-0.2, 0) is 14.3 Å². The molecule has 0 unspecified atom stereocenters. The number of rotatable bonds is 5. The molecule has 1 aliphatic heterocycles. The zero-order valence-electron chi connectivity index (χ0n) is 13.0. The fourth-order valence-electron chi connectivity index (χ4n) is 2.61. The van der Waals surface area contributed by atoms with Crippen molar-refractivity contribution in [1.29, 1.82) is 0 Å². The van der Waals surface area contributed by atoms with Gasteiger partial charge in [0.15, 0.2) is 0 Å². The Balaban J connectivity index is 1.85. The summed E-state index contributed by atoms with van der Waals surface area (Å²) in [5, 5.41) is 13.6. The summed E-state index contributed by atoms with van der Waals surface area (Å²) in [6.45, 7) is 0. The molecule has 0 aliphatic carbocycles. The Hall–Kier alpha value is -3.62. The first-order valence-electron chi connectivity index (χ1n) is 7.42.